The van der Waals surface area contributed by atoms with Gasteiger partial charge in [-0.25, -0.2) is 4.39 Å². The number of ether oxygens (including phenoxy) is 1. The third kappa shape index (κ3) is 3.65. The van der Waals surface area contributed by atoms with Crippen molar-refractivity contribution in [2.75, 3.05) is 6.61 Å². The van der Waals surface area contributed by atoms with Crippen molar-refractivity contribution in [2.45, 2.75) is 0 Å². The molecule has 0 N–H and O–H groups in total. The smallest absolute Gasteiger partial charge is 0.286 e. The second-order valence-electron chi connectivity index (χ2n) is 3.67. The zero-order valence-corrected chi connectivity index (χ0v) is 11.5. The highest BCUT2D eigenvalue weighted by Gasteiger charge is 2.06. The molecule has 2 aromatic rings. The summed E-state index contributed by atoms with van der Waals surface area (Å²) in [6.07, 6.45) is 1.80. The molecule has 0 unspecified atom stereocenters. The molecule has 0 atom stereocenters. The number of benzene rings is 1. The standard InChI is InChI=1S/C12H10ClFN2O2S/c1-16-4-5-19-12(16)15-11(17)7-18-10-3-2-8(14)6-9(10)13/h2-6H,7H2,1H3. The Hall–Kier alpha value is -1.66. The highest BCUT2D eigenvalue weighted by Crippen LogP contribution is 2.24. The molecular weight excluding hydrogens is 291 g/mol. The largest absolute Gasteiger partial charge is 0.482 e. The van der Waals surface area contributed by atoms with Crippen LogP contribution < -0.4 is 9.54 Å². The molecule has 0 aliphatic carbocycles. The molecule has 2 rings (SSSR count). The number of amides is 1. The summed E-state index contributed by atoms with van der Waals surface area (Å²) in [6.45, 7) is -0.247. The van der Waals surface area contributed by atoms with Crippen LogP contribution >= 0.6 is 22.9 Å². The summed E-state index contributed by atoms with van der Waals surface area (Å²) >= 11 is 7.12. The third-order valence-corrected chi connectivity index (χ3v) is 3.37. The van der Waals surface area contributed by atoms with E-state index < -0.39 is 11.7 Å². The quantitative estimate of drug-likeness (QED) is 0.873. The summed E-state index contributed by atoms with van der Waals surface area (Å²) in [5, 5.41) is 1.94. The predicted octanol–water partition coefficient (Wildman–Crippen LogP) is 2.39. The summed E-state index contributed by atoms with van der Waals surface area (Å²) in [4.78, 5) is 16.1. The van der Waals surface area contributed by atoms with E-state index in [2.05, 4.69) is 4.99 Å². The van der Waals surface area contributed by atoms with Crippen molar-refractivity contribution in [3.05, 3.63) is 45.4 Å². The number of carbonyl (C=O) groups excluding carboxylic acids is 1. The highest BCUT2D eigenvalue weighted by atomic mass is 35.5. The van der Waals surface area contributed by atoms with Crippen LogP contribution in [0.15, 0.2) is 34.8 Å². The van der Waals surface area contributed by atoms with E-state index in [1.54, 1.807) is 17.8 Å². The molecule has 1 aromatic carbocycles. The van der Waals surface area contributed by atoms with E-state index >= 15 is 0 Å². The molecule has 0 bridgehead atoms. The Morgan fingerprint density at radius 1 is 1.58 bits per heavy atom. The van der Waals surface area contributed by atoms with Crippen LogP contribution in [0.2, 0.25) is 5.02 Å². The summed E-state index contributed by atoms with van der Waals surface area (Å²) in [7, 11) is 1.79. The van der Waals surface area contributed by atoms with Gasteiger partial charge in [-0.1, -0.05) is 11.6 Å². The minimum absolute atomic E-state index is 0.120. The Bertz CT molecular complexity index is 666. The third-order valence-electron chi connectivity index (χ3n) is 2.23. The molecule has 0 radical (unpaired) electrons. The lowest BCUT2D eigenvalue weighted by molar-refractivity contribution is -0.120. The van der Waals surface area contributed by atoms with Gasteiger partial charge in [-0.3, -0.25) is 4.79 Å². The van der Waals surface area contributed by atoms with Crippen LogP contribution in [-0.2, 0) is 11.8 Å². The first-order valence-corrected chi connectivity index (χ1v) is 6.57. The first-order chi connectivity index (χ1) is 9.06. The zero-order chi connectivity index (χ0) is 13.8. The van der Waals surface area contributed by atoms with Crippen molar-refractivity contribution in [1.82, 2.24) is 4.57 Å². The molecule has 100 valence electrons. The average Bonchev–Trinajstić information content (AvgIpc) is 2.74. The molecule has 1 aromatic heterocycles. The SMILES string of the molecule is Cn1ccsc1=NC(=O)COc1ccc(F)cc1Cl. The van der Waals surface area contributed by atoms with Crippen molar-refractivity contribution < 1.29 is 13.9 Å². The van der Waals surface area contributed by atoms with Gasteiger partial charge < -0.3 is 9.30 Å². The van der Waals surface area contributed by atoms with Crippen molar-refractivity contribution >= 4 is 28.8 Å². The summed E-state index contributed by atoms with van der Waals surface area (Å²) in [6, 6.07) is 3.70. The van der Waals surface area contributed by atoms with E-state index in [1.807, 2.05) is 5.38 Å². The average molecular weight is 301 g/mol. The van der Waals surface area contributed by atoms with Gasteiger partial charge in [0.05, 0.1) is 5.02 Å². The predicted molar refractivity (Wildman–Crippen MR) is 70.8 cm³/mol. The Morgan fingerprint density at radius 2 is 2.37 bits per heavy atom. The van der Waals surface area contributed by atoms with Gasteiger partial charge in [0.2, 0.25) is 0 Å². The van der Waals surface area contributed by atoms with Gasteiger partial charge >= 0.3 is 0 Å². The summed E-state index contributed by atoms with van der Waals surface area (Å²) in [5.74, 6) is -0.639. The van der Waals surface area contributed by atoms with E-state index in [0.29, 0.717) is 4.80 Å². The van der Waals surface area contributed by atoms with Crippen LogP contribution in [-0.4, -0.2) is 17.1 Å². The normalized spacial score (nSPS) is 11.6. The number of aryl methyl sites for hydroxylation is 1. The molecule has 0 saturated heterocycles. The number of hydrogen-bond acceptors (Lipinski definition) is 3. The van der Waals surface area contributed by atoms with E-state index in [1.165, 1.54) is 23.5 Å². The molecule has 4 nitrogen and oxygen atoms in total. The van der Waals surface area contributed by atoms with Gasteiger partial charge in [-0.15, -0.1) is 11.3 Å². The monoisotopic (exact) mass is 300 g/mol. The molecule has 0 aliphatic heterocycles. The number of nitrogens with zero attached hydrogens (tertiary/aromatic N) is 2. The molecular formula is C12H10ClFN2O2S. The van der Waals surface area contributed by atoms with Crippen molar-refractivity contribution in [2.24, 2.45) is 12.0 Å². The van der Waals surface area contributed by atoms with E-state index in [4.69, 9.17) is 16.3 Å². The van der Waals surface area contributed by atoms with Crippen LogP contribution in [0.5, 0.6) is 5.75 Å². The minimum Gasteiger partial charge on any atom is -0.482 e. The number of carbonyl (C=O) groups is 1. The lowest BCUT2D eigenvalue weighted by Crippen LogP contribution is -2.16. The topological polar surface area (TPSA) is 43.6 Å². The van der Waals surface area contributed by atoms with E-state index in [-0.39, 0.29) is 17.4 Å². The first kappa shape index (κ1) is 13.8. The van der Waals surface area contributed by atoms with E-state index in [9.17, 15) is 9.18 Å². The zero-order valence-electron chi connectivity index (χ0n) is 9.97. The van der Waals surface area contributed by atoms with Gasteiger partial charge in [0.15, 0.2) is 11.4 Å². The highest BCUT2D eigenvalue weighted by molar-refractivity contribution is 7.07. The maximum Gasteiger partial charge on any atom is 0.286 e. The fourth-order valence-corrected chi connectivity index (χ4v) is 2.27. The second kappa shape index (κ2) is 5.99. The fraction of sp³-hybridized carbons (Fsp3) is 0.167. The number of thiazole rings is 1. The number of aromatic nitrogens is 1. The number of rotatable bonds is 3. The van der Waals surface area contributed by atoms with Crippen LogP contribution in [0.3, 0.4) is 0 Å². The maximum absolute atomic E-state index is 12.8. The van der Waals surface area contributed by atoms with Crippen LogP contribution in [0.4, 0.5) is 4.39 Å². The van der Waals surface area contributed by atoms with Gasteiger partial charge in [0, 0.05) is 18.6 Å². The van der Waals surface area contributed by atoms with Gasteiger partial charge in [0.25, 0.3) is 5.91 Å². The lowest BCUT2D eigenvalue weighted by atomic mass is 10.3. The lowest BCUT2D eigenvalue weighted by Gasteiger charge is -2.05. The fourth-order valence-electron chi connectivity index (χ4n) is 1.31. The van der Waals surface area contributed by atoms with E-state index in [0.717, 1.165) is 6.07 Å². The van der Waals surface area contributed by atoms with Crippen LogP contribution in [0.1, 0.15) is 0 Å². The second-order valence-corrected chi connectivity index (χ2v) is 4.95. The van der Waals surface area contributed by atoms with Gasteiger partial charge in [-0.2, -0.15) is 4.99 Å². The molecule has 0 saturated carbocycles. The molecule has 7 heteroatoms. The Kier molecular flexibility index (Phi) is 4.34. The van der Waals surface area contributed by atoms with Gasteiger partial charge in [0.1, 0.15) is 11.6 Å². The first-order valence-electron chi connectivity index (χ1n) is 5.32. The minimum atomic E-state index is -0.459. The van der Waals surface area contributed by atoms with Gasteiger partial charge in [-0.05, 0) is 18.2 Å². The van der Waals surface area contributed by atoms with Crippen molar-refractivity contribution in [3.8, 4) is 5.75 Å². The number of hydrogen-bond donors (Lipinski definition) is 0. The molecule has 0 fully saturated rings. The maximum atomic E-state index is 12.8. The van der Waals surface area contributed by atoms with Crippen molar-refractivity contribution in [1.29, 1.82) is 0 Å². The number of halogens is 2. The van der Waals surface area contributed by atoms with Crippen LogP contribution in [0.25, 0.3) is 0 Å². The molecule has 1 amide bonds. The molecule has 0 spiro atoms. The Labute approximate surface area is 117 Å². The Balaban J connectivity index is 2.03. The summed E-state index contributed by atoms with van der Waals surface area (Å²) < 4.78 is 19.7. The molecule has 0 aliphatic rings. The molecule has 1 heterocycles. The summed E-state index contributed by atoms with van der Waals surface area (Å²) in [5.41, 5.74) is 0. The Morgan fingerprint density at radius 3 is 3.00 bits per heavy atom. The molecule has 19 heavy (non-hydrogen) atoms. The van der Waals surface area contributed by atoms with Crippen LogP contribution in [0, 0.1) is 5.82 Å². The van der Waals surface area contributed by atoms with Crippen molar-refractivity contribution in [3.63, 3.8) is 0 Å².